The zero-order chi connectivity index (χ0) is 13.6. The number of imidazole rings is 1. The van der Waals surface area contributed by atoms with Crippen molar-refractivity contribution in [1.29, 1.82) is 0 Å². The van der Waals surface area contributed by atoms with Crippen molar-refractivity contribution in [2.75, 3.05) is 0 Å². The third-order valence-electron chi connectivity index (χ3n) is 3.23. The van der Waals surface area contributed by atoms with Crippen LogP contribution < -0.4 is 0 Å². The molecule has 0 bridgehead atoms. The topological polar surface area (TPSA) is 35.6 Å². The SMILES string of the molecule is Cc1ccc2c(c1)nc(CCl)n2-c1cn(C)nc1C. The Kier molecular flexibility index (Phi) is 2.82. The molecule has 0 saturated carbocycles. The third-order valence-corrected chi connectivity index (χ3v) is 3.47. The lowest BCUT2D eigenvalue weighted by Crippen LogP contribution is -1.99. The molecule has 0 saturated heterocycles. The summed E-state index contributed by atoms with van der Waals surface area (Å²) >= 11 is 6.04. The number of halogens is 1. The fraction of sp³-hybridized carbons (Fsp3) is 0.286. The number of aromatic nitrogens is 4. The summed E-state index contributed by atoms with van der Waals surface area (Å²) in [5.41, 5.74) is 5.23. The van der Waals surface area contributed by atoms with Crippen LogP contribution in [-0.2, 0) is 12.9 Å². The molecule has 1 aromatic carbocycles. The lowest BCUT2D eigenvalue weighted by Gasteiger charge is -2.05. The van der Waals surface area contributed by atoms with E-state index in [1.807, 2.05) is 24.9 Å². The number of benzene rings is 1. The van der Waals surface area contributed by atoms with Crippen molar-refractivity contribution in [1.82, 2.24) is 19.3 Å². The fourth-order valence-corrected chi connectivity index (χ4v) is 2.58. The monoisotopic (exact) mass is 274 g/mol. The van der Waals surface area contributed by atoms with Gasteiger partial charge in [0.1, 0.15) is 5.82 Å². The standard InChI is InChI=1S/C14H15ClN4/c1-9-4-5-12-11(6-9)16-14(7-15)19(12)13-8-18(3)17-10(13)2/h4-6,8H,7H2,1-3H3. The number of hydrogen-bond donors (Lipinski definition) is 0. The minimum atomic E-state index is 0.377. The Morgan fingerprint density at radius 2 is 2.05 bits per heavy atom. The second-order valence-corrected chi connectivity index (χ2v) is 5.03. The maximum Gasteiger partial charge on any atom is 0.129 e. The Morgan fingerprint density at radius 3 is 2.68 bits per heavy atom. The molecule has 0 spiro atoms. The first-order valence-corrected chi connectivity index (χ1v) is 6.68. The fourth-order valence-electron chi connectivity index (χ4n) is 2.41. The number of rotatable bonds is 2. The third kappa shape index (κ3) is 1.92. The van der Waals surface area contributed by atoms with Crippen LogP contribution in [0.1, 0.15) is 17.1 Å². The summed E-state index contributed by atoms with van der Waals surface area (Å²) in [5, 5.41) is 4.39. The highest BCUT2D eigenvalue weighted by molar-refractivity contribution is 6.17. The summed E-state index contributed by atoms with van der Waals surface area (Å²) in [5.74, 6) is 1.22. The zero-order valence-corrected chi connectivity index (χ0v) is 11.9. The quantitative estimate of drug-likeness (QED) is 0.673. The molecule has 0 unspecified atom stereocenters. The highest BCUT2D eigenvalue weighted by Crippen LogP contribution is 2.24. The van der Waals surface area contributed by atoms with Gasteiger partial charge in [0.2, 0.25) is 0 Å². The molecule has 5 heteroatoms. The molecule has 0 fully saturated rings. The van der Waals surface area contributed by atoms with E-state index in [4.69, 9.17) is 11.6 Å². The van der Waals surface area contributed by atoms with E-state index in [0.717, 1.165) is 28.2 Å². The van der Waals surface area contributed by atoms with Gasteiger partial charge < -0.3 is 0 Å². The summed E-state index contributed by atoms with van der Waals surface area (Å²) in [7, 11) is 1.92. The van der Waals surface area contributed by atoms with Gasteiger partial charge in [0, 0.05) is 13.2 Å². The maximum atomic E-state index is 6.04. The van der Waals surface area contributed by atoms with Gasteiger partial charge >= 0.3 is 0 Å². The summed E-state index contributed by atoms with van der Waals surface area (Å²) in [4.78, 5) is 4.61. The van der Waals surface area contributed by atoms with Crippen LogP contribution in [-0.4, -0.2) is 19.3 Å². The Labute approximate surface area is 116 Å². The number of fused-ring (bicyclic) bond motifs is 1. The lowest BCUT2D eigenvalue weighted by atomic mass is 10.2. The van der Waals surface area contributed by atoms with Crippen LogP contribution in [0.2, 0.25) is 0 Å². The van der Waals surface area contributed by atoms with Crippen LogP contribution >= 0.6 is 11.6 Å². The van der Waals surface area contributed by atoms with Gasteiger partial charge in [0.15, 0.2) is 0 Å². The van der Waals surface area contributed by atoms with E-state index in [0.29, 0.717) is 5.88 Å². The van der Waals surface area contributed by atoms with Crippen molar-refractivity contribution in [3.63, 3.8) is 0 Å². The summed E-state index contributed by atoms with van der Waals surface area (Å²) in [6.45, 7) is 4.06. The van der Waals surface area contributed by atoms with Crippen LogP contribution in [0.15, 0.2) is 24.4 Å². The van der Waals surface area contributed by atoms with Gasteiger partial charge in [-0.3, -0.25) is 9.25 Å². The second kappa shape index (κ2) is 4.38. The van der Waals surface area contributed by atoms with Crippen LogP contribution in [0.4, 0.5) is 0 Å². The largest absolute Gasteiger partial charge is 0.292 e. The van der Waals surface area contributed by atoms with Crippen molar-refractivity contribution in [3.05, 3.63) is 41.5 Å². The molecule has 2 aromatic heterocycles. The molecule has 0 atom stereocenters. The molecule has 0 radical (unpaired) electrons. The van der Waals surface area contributed by atoms with E-state index < -0.39 is 0 Å². The molecule has 0 amide bonds. The van der Waals surface area contributed by atoms with Crippen LogP contribution in [0, 0.1) is 13.8 Å². The van der Waals surface area contributed by atoms with Crippen molar-refractivity contribution < 1.29 is 0 Å². The average molecular weight is 275 g/mol. The van der Waals surface area contributed by atoms with Crippen LogP contribution in [0.5, 0.6) is 0 Å². The first-order chi connectivity index (χ1) is 9.10. The van der Waals surface area contributed by atoms with Crippen molar-refractivity contribution in [2.24, 2.45) is 7.05 Å². The summed E-state index contributed by atoms with van der Waals surface area (Å²) in [6.07, 6.45) is 1.99. The van der Waals surface area contributed by atoms with Crippen molar-refractivity contribution in [2.45, 2.75) is 19.7 Å². The first kappa shape index (κ1) is 12.2. The van der Waals surface area contributed by atoms with Gasteiger partial charge in [-0.05, 0) is 31.5 Å². The van der Waals surface area contributed by atoms with E-state index >= 15 is 0 Å². The molecule has 0 aliphatic rings. The molecular weight excluding hydrogens is 260 g/mol. The van der Waals surface area contributed by atoms with E-state index in [1.54, 1.807) is 0 Å². The smallest absolute Gasteiger partial charge is 0.129 e. The average Bonchev–Trinajstić information content (AvgIpc) is 2.88. The Hall–Kier alpha value is -1.81. The van der Waals surface area contributed by atoms with Crippen molar-refractivity contribution >= 4 is 22.6 Å². The molecule has 19 heavy (non-hydrogen) atoms. The molecule has 3 rings (SSSR count). The number of aryl methyl sites for hydroxylation is 3. The van der Waals surface area contributed by atoms with E-state index in [2.05, 4.69) is 39.8 Å². The summed E-state index contributed by atoms with van der Waals surface area (Å²) < 4.78 is 3.90. The first-order valence-electron chi connectivity index (χ1n) is 6.14. The molecule has 2 heterocycles. The molecule has 4 nitrogen and oxygen atoms in total. The highest BCUT2D eigenvalue weighted by Gasteiger charge is 2.15. The molecule has 3 aromatic rings. The maximum absolute atomic E-state index is 6.04. The highest BCUT2D eigenvalue weighted by atomic mass is 35.5. The van der Waals surface area contributed by atoms with E-state index in [9.17, 15) is 0 Å². The molecule has 0 aliphatic heterocycles. The molecular formula is C14H15ClN4. The van der Waals surface area contributed by atoms with Gasteiger partial charge in [0.25, 0.3) is 0 Å². The predicted molar refractivity (Wildman–Crippen MR) is 76.9 cm³/mol. The van der Waals surface area contributed by atoms with Gasteiger partial charge in [-0.1, -0.05) is 6.07 Å². The molecule has 0 aliphatic carbocycles. The van der Waals surface area contributed by atoms with Gasteiger partial charge in [0.05, 0.1) is 28.3 Å². The van der Waals surface area contributed by atoms with Crippen molar-refractivity contribution in [3.8, 4) is 5.69 Å². The van der Waals surface area contributed by atoms with Gasteiger partial charge in [-0.25, -0.2) is 4.98 Å². The van der Waals surface area contributed by atoms with Crippen LogP contribution in [0.3, 0.4) is 0 Å². The molecule has 98 valence electrons. The predicted octanol–water partition coefficient (Wildman–Crippen LogP) is 3.11. The summed E-state index contributed by atoms with van der Waals surface area (Å²) in [6, 6.07) is 6.25. The number of hydrogen-bond acceptors (Lipinski definition) is 2. The molecule has 0 N–H and O–H groups in total. The van der Waals surface area contributed by atoms with Gasteiger partial charge in [-0.2, -0.15) is 5.10 Å². The Morgan fingerprint density at radius 1 is 1.26 bits per heavy atom. The Bertz CT molecular complexity index is 754. The minimum Gasteiger partial charge on any atom is -0.292 e. The van der Waals surface area contributed by atoms with Gasteiger partial charge in [-0.15, -0.1) is 11.6 Å². The second-order valence-electron chi connectivity index (χ2n) is 4.76. The number of nitrogens with zero attached hydrogens (tertiary/aromatic N) is 4. The van der Waals surface area contributed by atoms with E-state index in [1.165, 1.54) is 5.56 Å². The van der Waals surface area contributed by atoms with E-state index in [-0.39, 0.29) is 0 Å². The normalized spacial score (nSPS) is 11.4. The number of alkyl halides is 1. The Balaban J connectivity index is 2.35. The lowest BCUT2D eigenvalue weighted by molar-refractivity contribution is 0.756. The minimum absolute atomic E-state index is 0.377. The van der Waals surface area contributed by atoms with Crippen LogP contribution in [0.25, 0.3) is 16.7 Å². The zero-order valence-electron chi connectivity index (χ0n) is 11.2.